The molecule has 0 saturated heterocycles. The van der Waals surface area contributed by atoms with Gasteiger partial charge in [-0.05, 0) is 71.8 Å². The molecular weight excluding hydrogens is 997 g/mol. The highest BCUT2D eigenvalue weighted by Crippen LogP contribution is 2.45. The van der Waals surface area contributed by atoms with E-state index in [1.54, 1.807) is 42.7 Å². The van der Waals surface area contributed by atoms with Crippen LogP contribution in [0.3, 0.4) is 0 Å². The quantitative estimate of drug-likeness (QED) is 0.0403. The predicted molar refractivity (Wildman–Crippen MR) is 299 cm³/mol. The summed E-state index contributed by atoms with van der Waals surface area (Å²) in [5, 5.41) is 0. The van der Waals surface area contributed by atoms with Crippen LogP contribution in [0, 0.1) is 0 Å². The number of guanidine groups is 6. The summed E-state index contributed by atoms with van der Waals surface area (Å²) in [6.07, 6.45) is 1.43. The fourth-order valence-corrected chi connectivity index (χ4v) is 10.2. The molecule has 7 rings (SSSR count). The SMILES string of the molecule is COc1c2cc([NH+]=C(N)[NH3+])cc1Cc1cc([NH+]=C(N)[NH3+])cc(c1OC)Cc1ccc(N=C(N)N)c(c1OC)Cc1ccc(N=C(N)N)c(c1OC)Cc1cc(N=C(N)N)cc(c1OC)Cc1cc([NH+]=C(N)[NH3+])cc(c1OC)C2. The minimum Gasteiger partial charge on any atom is -0.496 e. The van der Waals surface area contributed by atoms with Crippen molar-refractivity contribution in [3.05, 3.63) is 140 Å². The highest BCUT2D eigenvalue weighted by atomic mass is 16.5. The second-order valence-corrected chi connectivity index (χ2v) is 18.4. The third-order valence-corrected chi connectivity index (χ3v) is 12.7. The average Bonchev–Trinajstić information content (AvgIpc) is 3.47. The molecule has 78 heavy (non-hydrogen) atoms. The van der Waals surface area contributed by atoms with E-state index < -0.39 is 0 Å². The first-order chi connectivity index (χ1) is 37.2. The number of rotatable bonds is 12. The number of methoxy groups -OCH3 is 6. The Labute approximate surface area is 450 Å². The van der Waals surface area contributed by atoms with Gasteiger partial charge in [-0.15, -0.1) is 0 Å². The second-order valence-electron chi connectivity index (χ2n) is 18.4. The van der Waals surface area contributed by atoms with Gasteiger partial charge in [0, 0.05) is 94.2 Å². The lowest BCUT2D eigenvalue weighted by molar-refractivity contribution is -0.427. The Morgan fingerprint density at radius 1 is 0.346 bits per heavy atom. The summed E-state index contributed by atoms with van der Waals surface area (Å²) in [7, 11) is 9.61. The third-order valence-electron chi connectivity index (χ3n) is 12.7. The molecule has 24 heteroatoms. The van der Waals surface area contributed by atoms with Gasteiger partial charge in [-0.2, -0.15) is 15.0 Å². The van der Waals surface area contributed by atoms with Crippen molar-refractivity contribution >= 4 is 69.9 Å². The van der Waals surface area contributed by atoms with Crippen LogP contribution in [-0.4, -0.2) is 78.4 Å². The Morgan fingerprint density at radius 2 is 0.603 bits per heavy atom. The van der Waals surface area contributed by atoms with Gasteiger partial charge in [-0.25, -0.2) is 32.2 Å². The van der Waals surface area contributed by atoms with E-state index in [2.05, 4.69) is 47.2 Å². The molecule has 0 atom stereocenters. The Balaban J connectivity index is 1.64. The minimum absolute atomic E-state index is 0.144. The molecule has 1 aliphatic rings. The number of nitrogens with one attached hydrogen (secondary N) is 3. The molecule has 6 aromatic rings. The largest absolute Gasteiger partial charge is 0.496 e. The molecule has 0 radical (unpaired) electrons. The molecule has 0 saturated carbocycles. The monoisotopic (exact) mass is 1070 g/mol. The average molecular weight is 1070 g/mol. The Hall–Kier alpha value is -9.78. The maximum atomic E-state index is 6.36. The zero-order chi connectivity index (χ0) is 56.5. The summed E-state index contributed by atoms with van der Waals surface area (Å²) in [4.78, 5) is 23.3. The summed E-state index contributed by atoms with van der Waals surface area (Å²) < 4.78 is 38.1. The number of hydrogen-bond donors (Lipinski definition) is 15. The van der Waals surface area contributed by atoms with Gasteiger partial charge in [0.2, 0.25) is 0 Å². The van der Waals surface area contributed by atoms with Crippen LogP contribution in [0.1, 0.15) is 66.8 Å². The van der Waals surface area contributed by atoms with Crippen molar-refractivity contribution in [2.75, 3.05) is 42.7 Å². The first-order valence-corrected chi connectivity index (χ1v) is 24.4. The van der Waals surface area contributed by atoms with E-state index in [4.69, 9.17) is 80.0 Å². The molecule has 30 N–H and O–H groups in total. The van der Waals surface area contributed by atoms with Gasteiger partial charge in [0.1, 0.15) is 51.6 Å². The van der Waals surface area contributed by atoms with E-state index in [9.17, 15) is 0 Å². The number of benzene rings is 6. The fourth-order valence-electron chi connectivity index (χ4n) is 10.2. The number of nitrogens with zero attached hydrogens (tertiary/aromatic N) is 3. The van der Waals surface area contributed by atoms with Crippen LogP contribution in [-0.2, 0) is 38.5 Å². The number of aliphatic imine (C=N–C) groups is 3. The summed E-state index contributed by atoms with van der Waals surface area (Å²) >= 11 is 0. The third kappa shape index (κ3) is 12.8. The van der Waals surface area contributed by atoms with Crippen molar-refractivity contribution in [3.8, 4) is 34.5 Å². The van der Waals surface area contributed by atoms with Crippen LogP contribution < -0.4 is 112 Å². The van der Waals surface area contributed by atoms with Gasteiger partial charge in [0.15, 0.2) is 17.9 Å². The molecule has 0 fully saturated rings. The molecule has 0 amide bonds. The Bertz CT molecular complexity index is 3460. The molecule has 6 aromatic carbocycles. The van der Waals surface area contributed by atoms with Gasteiger partial charge < -0.3 is 62.8 Å². The van der Waals surface area contributed by atoms with E-state index in [-0.39, 0.29) is 61.4 Å². The first kappa shape index (κ1) is 56.0. The Kier molecular flexibility index (Phi) is 17.4. The van der Waals surface area contributed by atoms with Crippen molar-refractivity contribution in [1.29, 1.82) is 0 Å². The summed E-state index contributed by atoms with van der Waals surface area (Å²) in [5.41, 5.74) is 78.9. The van der Waals surface area contributed by atoms with Crippen molar-refractivity contribution in [2.24, 2.45) is 66.6 Å². The number of ether oxygens (including phenoxy) is 6. The van der Waals surface area contributed by atoms with Crippen molar-refractivity contribution in [2.45, 2.75) is 38.5 Å². The van der Waals surface area contributed by atoms with Crippen molar-refractivity contribution in [3.63, 3.8) is 0 Å². The molecule has 0 aliphatic heterocycles. The number of quaternary nitrogens is 3. The van der Waals surface area contributed by atoms with Crippen molar-refractivity contribution < 1.29 is 60.6 Å². The molecule has 0 heterocycles. The van der Waals surface area contributed by atoms with E-state index in [1.807, 2.05) is 72.8 Å². The van der Waals surface area contributed by atoms with Crippen LogP contribution in [0.25, 0.3) is 0 Å². The van der Waals surface area contributed by atoms with E-state index in [0.717, 1.165) is 38.9 Å². The van der Waals surface area contributed by atoms with Gasteiger partial charge in [0.05, 0.1) is 59.7 Å². The lowest BCUT2D eigenvalue weighted by atomic mass is 9.90. The van der Waals surface area contributed by atoms with Crippen LogP contribution in [0.15, 0.2) is 87.8 Å². The number of nitrogens with two attached hydrogens (primary N) is 9. The maximum Gasteiger partial charge on any atom is 0.439 e. The lowest BCUT2D eigenvalue weighted by Crippen LogP contribution is -2.85. The molecular formula is C54H72N18O6+6. The topological polar surface area (TPSA) is 451 Å². The number of fused-ring (bicyclic) bond motifs is 12. The summed E-state index contributed by atoms with van der Waals surface area (Å²) in [6, 6.07) is 22.8. The van der Waals surface area contributed by atoms with Crippen molar-refractivity contribution in [1.82, 2.24) is 0 Å². The standard InChI is InChI=1S/C54H66N18O6/c1-73-43-27-11-25-7-9-41(71-53(63)64)39(47(25)77-5)23-26-8-10-42(72-54(65)66)40(48(26)78-6)24-34-22-38(70-52(61)62)21-33(46(34)76-4)14-32-20-37(69-51(59)60)19-31(45(32)75-3)13-30-18-36(68-50(57)58)17-29(44(30)74-2)12-28(43)16-35(15-27)67-49(55)56/h7-10,15-22H,11-14,23-24H2,1-6H3,(H4,55,56,67)(H4,57,58,68)(H4,59,60,69)(H4,61,62,70)(H4,63,64,71)(H4,65,66,72)/p+6. The van der Waals surface area contributed by atoms with Gasteiger partial charge in [-0.3, -0.25) is 17.2 Å². The molecule has 12 bridgehead atoms. The first-order valence-electron chi connectivity index (χ1n) is 24.4. The van der Waals surface area contributed by atoms with Crippen LogP contribution in [0.5, 0.6) is 34.5 Å². The zero-order valence-corrected chi connectivity index (χ0v) is 44.8. The molecule has 1 aliphatic carbocycles. The summed E-state index contributed by atoms with van der Waals surface area (Å²) in [5.74, 6) is 3.39. The molecule has 0 unspecified atom stereocenters. The second kappa shape index (κ2) is 24.3. The Morgan fingerprint density at radius 3 is 0.885 bits per heavy atom. The molecule has 0 aromatic heterocycles. The predicted octanol–water partition coefficient (Wildman–Crippen LogP) is -4.88. The van der Waals surface area contributed by atoms with E-state index in [1.165, 1.54) is 0 Å². The smallest absolute Gasteiger partial charge is 0.439 e. The highest BCUT2D eigenvalue weighted by molar-refractivity contribution is 5.82. The number of hydrogen-bond acceptors (Lipinski definition) is 9. The van der Waals surface area contributed by atoms with Gasteiger partial charge in [-0.1, -0.05) is 12.1 Å². The van der Waals surface area contributed by atoms with Gasteiger partial charge in [0.25, 0.3) is 0 Å². The van der Waals surface area contributed by atoms with Crippen LogP contribution in [0.4, 0.5) is 34.1 Å². The van der Waals surface area contributed by atoms with Crippen LogP contribution in [0.2, 0.25) is 0 Å². The highest BCUT2D eigenvalue weighted by Gasteiger charge is 2.27. The molecule has 0 spiro atoms. The maximum absolute atomic E-state index is 6.36. The fraction of sp³-hybridized carbons (Fsp3) is 0.222. The molecule has 24 nitrogen and oxygen atoms in total. The van der Waals surface area contributed by atoms with Gasteiger partial charge >= 0.3 is 17.9 Å². The zero-order valence-electron chi connectivity index (χ0n) is 44.8. The summed E-state index contributed by atoms with van der Waals surface area (Å²) in [6.45, 7) is 0. The van der Waals surface area contributed by atoms with Crippen LogP contribution >= 0.6 is 0 Å². The lowest BCUT2D eigenvalue weighted by Gasteiger charge is -2.22. The minimum atomic E-state index is -0.177. The van der Waals surface area contributed by atoms with E-state index in [0.29, 0.717) is 109 Å². The normalized spacial score (nSPS) is 12.8. The van der Waals surface area contributed by atoms with E-state index >= 15 is 0 Å². The molecule has 408 valence electrons.